The molecule has 27 heavy (non-hydrogen) atoms. The second-order valence-corrected chi connectivity index (χ2v) is 6.67. The molecule has 140 valence electrons. The van der Waals surface area contributed by atoms with E-state index in [4.69, 9.17) is 5.26 Å². The highest BCUT2D eigenvalue weighted by molar-refractivity contribution is 5.96. The maximum Gasteiger partial charge on any atom is 0.404 e. The lowest BCUT2D eigenvalue weighted by Crippen LogP contribution is -2.49. The lowest BCUT2D eigenvalue weighted by Gasteiger charge is -2.30. The quantitative estimate of drug-likeness (QED) is 0.883. The Kier molecular flexibility index (Phi) is 5.19. The summed E-state index contributed by atoms with van der Waals surface area (Å²) in [6.07, 6.45) is -4.94. The average Bonchev–Trinajstić information content (AvgIpc) is 3.08. The predicted molar refractivity (Wildman–Crippen MR) is 94.6 cm³/mol. The Morgan fingerprint density at radius 1 is 1.15 bits per heavy atom. The van der Waals surface area contributed by atoms with Crippen LogP contribution < -0.4 is 5.32 Å². The first kappa shape index (κ1) is 18.9. The van der Waals surface area contributed by atoms with Crippen LogP contribution in [0.2, 0.25) is 0 Å². The number of anilines is 1. The van der Waals surface area contributed by atoms with Gasteiger partial charge in [-0.1, -0.05) is 30.3 Å². The van der Waals surface area contributed by atoms with Gasteiger partial charge in [0.05, 0.1) is 11.6 Å². The molecule has 1 aliphatic heterocycles. The van der Waals surface area contributed by atoms with E-state index >= 15 is 0 Å². The fourth-order valence-corrected chi connectivity index (χ4v) is 3.29. The third kappa shape index (κ3) is 3.96. The van der Waals surface area contributed by atoms with Gasteiger partial charge < -0.3 is 5.32 Å². The summed E-state index contributed by atoms with van der Waals surface area (Å²) in [5.74, 6) is -1.06. The standard InChI is InChI=1S/C20H18F3N3O/c21-20(22,23)19(18(27)25-17-8-6-15(12-24)7-9-17)10-11-26(14-19)13-16-4-2-1-3-5-16/h1-9H,10-11,13-14H2,(H,25,27). The van der Waals surface area contributed by atoms with Crippen molar-refractivity contribution < 1.29 is 18.0 Å². The molecular weight excluding hydrogens is 355 g/mol. The minimum absolute atomic E-state index is 0.190. The number of likely N-dealkylation sites (tertiary alicyclic amines) is 1. The first-order valence-corrected chi connectivity index (χ1v) is 8.49. The van der Waals surface area contributed by atoms with Crippen molar-refractivity contribution in [3.05, 3.63) is 65.7 Å². The predicted octanol–water partition coefficient (Wildman–Crippen LogP) is 3.95. The molecule has 1 aliphatic rings. The van der Waals surface area contributed by atoms with E-state index in [-0.39, 0.29) is 25.2 Å². The number of hydrogen-bond donors (Lipinski definition) is 1. The SMILES string of the molecule is N#Cc1ccc(NC(=O)C2(C(F)(F)F)CCN(Cc3ccccc3)C2)cc1. The number of hydrogen-bond acceptors (Lipinski definition) is 3. The number of carbonyl (C=O) groups is 1. The normalized spacial score (nSPS) is 20.2. The van der Waals surface area contributed by atoms with Crippen molar-refractivity contribution >= 4 is 11.6 Å². The molecule has 0 radical (unpaired) electrons. The maximum absolute atomic E-state index is 13.9. The zero-order chi connectivity index (χ0) is 19.5. The number of benzene rings is 2. The second-order valence-electron chi connectivity index (χ2n) is 6.67. The van der Waals surface area contributed by atoms with Gasteiger partial charge in [0.25, 0.3) is 0 Å². The van der Waals surface area contributed by atoms with Crippen molar-refractivity contribution in [2.75, 3.05) is 18.4 Å². The van der Waals surface area contributed by atoms with Crippen molar-refractivity contribution in [2.45, 2.75) is 19.1 Å². The molecular formula is C20H18F3N3O. The molecule has 1 N–H and O–H groups in total. The molecule has 1 saturated heterocycles. The summed E-state index contributed by atoms with van der Waals surface area (Å²) in [6, 6.07) is 16.9. The van der Waals surface area contributed by atoms with E-state index in [1.165, 1.54) is 24.3 Å². The number of halogens is 3. The fraction of sp³-hybridized carbons (Fsp3) is 0.300. The number of nitrogens with zero attached hydrogens (tertiary/aromatic N) is 2. The maximum atomic E-state index is 13.9. The van der Waals surface area contributed by atoms with E-state index in [1.807, 2.05) is 36.4 Å². The van der Waals surface area contributed by atoms with Crippen molar-refractivity contribution in [3.63, 3.8) is 0 Å². The van der Waals surface area contributed by atoms with Crippen molar-refractivity contribution in [3.8, 4) is 6.07 Å². The van der Waals surface area contributed by atoms with Crippen LogP contribution in [0, 0.1) is 16.7 Å². The number of amides is 1. The molecule has 2 aromatic carbocycles. The number of nitriles is 1. The largest absolute Gasteiger partial charge is 0.404 e. The molecule has 0 aliphatic carbocycles. The Balaban J connectivity index is 1.77. The smallest absolute Gasteiger partial charge is 0.325 e. The van der Waals surface area contributed by atoms with E-state index in [9.17, 15) is 18.0 Å². The number of rotatable bonds is 4. The van der Waals surface area contributed by atoms with Crippen LogP contribution in [0.15, 0.2) is 54.6 Å². The molecule has 1 fully saturated rings. The van der Waals surface area contributed by atoms with Crippen LogP contribution >= 0.6 is 0 Å². The van der Waals surface area contributed by atoms with Gasteiger partial charge >= 0.3 is 6.18 Å². The summed E-state index contributed by atoms with van der Waals surface area (Å²) in [6.45, 7) is 0.172. The molecule has 4 nitrogen and oxygen atoms in total. The van der Waals surface area contributed by atoms with Crippen LogP contribution in [-0.2, 0) is 11.3 Å². The van der Waals surface area contributed by atoms with E-state index in [1.54, 1.807) is 4.90 Å². The van der Waals surface area contributed by atoms with Gasteiger partial charge in [-0.2, -0.15) is 18.4 Å². The van der Waals surface area contributed by atoms with Gasteiger partial charge in [0.1, 0.15) is 0 Å². The van der Waals surface area contributed by atoms with E-state index in [0.29, 0.717) is 12.1 Å². The van der Waals surface area contributed by atoms with Crippen molar-refractivity contribution in [1.29, 1.82) is 5.26 Å². The number of nitrogens with one attached hydrogen (secondary N) is 1. The summed E-state index contributed by atoms with van der Waals surface area (Å²) in [5, 5.41) is 11.2. The van der Waals surface area contributed by atoms with Crippen molar-refractivity contribution in [1.82, 2.24) is 4.90 Å². The van der Waals surface area contributed by atoms with Gasteiger partial charge in [0, 0.05) is 18.8 Å². The molecule has 1 heterocycles. The summed E-state index contributed by atoms with van der Waals surface area (Å²) in [7, 11) is 0. The molecule has 7 heteroatoms. The zero-order valence-corrected chi connectivity index (χ0v) is 14.5. The van der Waals surface area contributed by atoms with Gasteiger partial charge in [-0.15, -0.1) is 0 Å². The molecule has 1 atom stereocenters. The van der Waals surface area contributed by atoms with Crippen LogP contribution in [-0.4, -0.2) is 30.1 Å². The zero-order valence-electron chi connectivity index (χ0n) is 14.5. The monoisotopic (exact) mass is 373 g/mol. The van der Waals surface area contributed by atoms with Gasteiger partial charge in [-0.05, 0) is 42.8 Å². The topological polar surface area (TPSA) is 56.1 Å². The van der Waals surface area contributed by atoms with E-state index < -0.39 is 17.5 Å². The van der Waals surface area contributed by atoms with E-state index in [0.717, 1.165) is 5.56 Å². The second kappa shape index (κ2) is 7.41. The highest BCUT2D eigenvalue weighted by Crippen LogP contribution is 2.46. The number of carbonyl (C=O) groups excluding carboxylic acids is 1. The Labute approximate surface area is 155 Å². The first-order chi connectivity index (χ1) is 12.8. The molecule has 2 aromatic rings. The van der Waals surface area contributed by atoms with Crippen molar-refractivity contribution in [2.24, 2.45) is 5.41 Å². The third-order valence-electron chi connectivity index (χ3n) is 4.85. The lowest BCUT2D eigenvalue weighted by molar-refractivity contribution is -0.215. The molecule has 0 aromatic heterocycles. The summed E-state index contributed by atoms with van der Waals surface area (Å²) in [4.78, 5) is 14.3. The highest BCUT2D eigenvalue weighted by atomic mass is 19.4. The minimum atomic E-state index is -4.66. The summed E-state index contributed by atoms with van der Waals surface area (Å²) in [5.41, 5.74) is -0.934. The lowest BCUT2D eigenvalue weighted by atomic mass is 9.85. The first-order valence-electron chi connectivity index (χ1n) is 8.49. The van der Waals surface area contributed by atoms with Crippen LogP contribution in [0.5, 0.6) is 0 Å². The fourth-order valence-electron chi connectivity index (χ4n) is 3.29. The van der Waals surface area contributed by atoms with Gasteiger partial charge in [0.2, 0.25) is 5.91 Å². The van der Waals surface area contributed by atoms with Crippen LogP contribution in [0.4, 0.5) is 18.9 Å². The minimum Gasteiger partial charge on any atom is -0.325 e. The highest BCUT2D eigenvalue weighted by Gasteiger charge is 2.62. The van der Waals surface area contributed by atoms with Crippen LogP contribution in [0.3, 0.4) is 0 Å². The molecule has 0 bridgehead atoms. The Hall–Kier alpha value is -2.85. The third-order valence-corrected chi connectivity index (χ3v) is 4.85. The molecule has 1 unspecified atom stereocenters. The Morgan fingerprint density at radius 3 is 2.41 bits per heavy atom. The van der Waals surface area contributed by atoms with Crippen LogP contribution in [0.25, 0.3) is 0 Å². The summed E-state index contributed by atoms with van der Waals surface area (Å²) >= 11 is 0. The Morgan fingerprint density at radius 2 is 1.81 bits per heavy atom. The molecule has 0 spiro atoms. The summed E-state index contributed by atoms with van der Waals surface area (Å²) < 4.78 is 41.6. The van der Waals surface area contributed by atoms with Gasteiger partial charge in [-0.3, -0.25) is 9.69 Å². The average molecular weight is 373 g/mol. The molecule has 0 saturated carbocycles. The Bertz CT molecular complexity index is 844. The van der Waals surface area contributed by atoms with Gasteiger partial charge in [-0.25, -0.2) is 0 Å². The van der Waals surface area contributed by atoms with E-state index in [2.05, 4.69) is 5.32 Å². The molecule has 3 rings (SSSR count). The van der Waals surface area contributed by atoms with Gasteiger partial charge in [0.15, 0.2) is 5.41 Å². The number of alkyl halides is 3. The molecule has 1 amide bonds. The van der Waals surface area contributed by atoms with Crippen LogP contribution in [0.1, 0.15) is 17.5 Å².